The summed E-state index contributed by atoms with van der Waals surface area (Å²) in [5.74, 6) is 1.40. The van der Waals surface area contributed by atoms with Gasteiger partial charge in [-0.2, -0.15) is 4.98 Å². The van der Waals surface area contributed by atoms with E-state index in [1.807, 2.05) is 90.6 Å². The molecule has 1 amide bonds. The number of amides is 1. The molecule has 2 aromatic carbocycles. The van der Waals surface area contributed by atoms with Crippen LogP contribution in [-0.2, 0) is 0 Å². The maximum atomic E-state index is 12.6. The molecule has 0 aliphatic carbocycles. The SMILES string of the molecule is Cc1cc(Nc2ccc(NC(=O)c3ccc(-n4cccc4)cc3)cc2)nc(N2CCCC2)n1. The van der Waals surface area contributed by atoms with Gasteiger partial charge in [0.05, 0.1) is 0 Å². The molecule has 166 valence electrons. The van der Waals surface area contributed by atoms with Gasteiger partial charge in [0.2, 0.25) is 5.95 Å². The van der Waals surface area contributed by atoms with E-state index >= 15 is 0 Å². The second-order valence-electron chi connectivity index (χ2n) is 8.18. The highest BCUT2D eigenvalue weighted by atomic mass is 16.1. The van der Waals surface area contributed by atoms with Gasteiger partial charge in [0.15, 0.2) is 0 Å². The minimum Gasteiger partial charge on any atom is -0.341 e. The number of aryl methyl sites for hydroxylation is 1. The predicted octanol–water partition coefficient (Wildman–Crippen LogP) is 5.17. The van der Waals surface area contributed by atoms with E-state index in [2.05, 4.69) is 25.5 Å². The zero-order valence-corrected chi connectivity index (χ0v) is 18.5. The third kappa shape index (κ3) is 4.87. The number of benzene rings is 2. The maximum absolute atomic E-state index is 12.6. The molecule has 7 heteroatoms. The van der Waals surface area contributed by atoms with Crippen LogP contribution in [0.1, 0.15) is 28.9 Å². The summed E-state index contributed by atoms with van der Waals surface area (Å²) in [7, 11) is 0. The van der Waals surface area contributed by atoms with Crippen LogP contribution < -0.4 is 15.5 Å². The van der Waals surface area contributed by atoms with Gasteiger partial charge in [-0.3, -0.25) is 4.79 Å². The Morgan fingerprint density at radius 2 is 1.55 bits per heavy atom. The summed E-state index contributed by atoms with van der Waals surface area (Å²) in [6.07, 6.45) is 6.32. The van der Waals surface area contributed by atoms with E-state index < -0.39 is 0 Å². The van der Waals surface area contributed by atoms with Gasteiger partial charge in [-0.15, -0.1) is 0 Å². The van der Waals surface area contributed by atoms with E-state index in [4.69, 9.17) is 0 Å². The van der Waals surface area contributed by atoms with Crippen molar-refractivity contribution in [2.24, 2.45) is 0 Å². The molecule has 4 aromatic rings. The lowest BCUT2D eigenvalue weighted by molar-refractivity contribution is 0.102. The average molecular weight is 439 g/mol. The fourth-order valence-electron chi connectivity index (χ4n) is 3.96. The quantitative estimate of drug-likeness (QED) is 0.434. The van der Waals surface area contributed by atoms with Crippen LogP contribution in [0.4, 0.5) is 23.1 Å². The molecule has 0 atom stereocenters. The van der Waals surface area contributed by atoms with E-state index in [-0.39, 0.29) is 5.91 Å². The Balaban J connectivity index is 1.23. The van der Waals surface area contributed by atoms with E-state index in [0.717, 1.165) is 47.6 Å². The monoisotopic (exact) mass is 438 g/mol. The molecule has 1 saturated heterocycles. The molecular weight excluding hydrogens is 412 g/mol. The van der Waals surface area contributed by atoms with Crippen LogP contribution in [0.25, 0.3) is 5.69 Å². The summed E-state index contributed by atoms with van der Waals surface area (Å²) in [6.45, 7) is 3.99. The highest BCUT2D eigenvalue weighted by Gasteiger charge is 2.16. The predicted molar refractivity (Wildman–Crippen MR) is 132 cm³/mol. The molecule has 3 heterocycles. The Morgan fingerprint density at radius 3 is 2.24 bits per heavy atom. The highest BCUT2D eigenvalue weighted by molar-refractivity contribution is 6.04. The van der Waals surface area contributed by atoms with E-state index in [1.54, 1.807) is 0 Å². The lowest BCUT2D eigenvalue weighted by Crippen LogP contribution is -2.21. The van der Waals surface area contributed by atoms with Crippen LogP contribution in [0, 0.1) is 6.92 Å². The van der Waals surface area contributed by atoms with Gasteiger partial charge in [0.25, 0.3) is 5.91 Å². The number of aromatic nitrogens is 3. The van der Waals surface area contributed by atoms with Crippen molar-refractivity contribution < 1.29 is 4.79 Å². The third-order valence-electron chi connectivity index (χ3n) is 5.68. The van der Waals surface area contributed by atoms with Crippen LogP contribution >= 0.6 is 0 Å². The van der Waals surface area contributed by atoms with Crippen molar-refractivity contribution in [3.63, 3.8) is 0 Å². The first-order valence-corrected chi connectivity index (χ1v) is 11.2. The van der Waals surface area contributed by atoms with Gasteiger partial charge in [-0.05, 0) is 80.4 Å². The van der Waals surface area contributed by atoms with E-state index in [0.29, 0.717) is 5.56 Å². The molecule has 0 unspecified atom stereocenters. The minimum absolute atomic E-state index is 0.142. The number of hydrogen-bond donors (Lipinski definition) is 2. The molecule has 2 aromatic heterocycles. The number of carbonyl (C=O) groups excluding carboxylic acids is 1. The van der Waals surface area contributed by atoms with Crippen molar-refractivity contribution in [1.82, 2.24) is 14.5 Å². The van der Waals surface area contributed by atoms with Gasteiger partial charge < -0.3 is 20.1 Å². The van der Waals surface area contributed by atoms with Crippen LogP contribution in [0.3, 0.4) is 0 Å². The fraction of sp³-hybridized carbons (Fsp3) is 0.192. The molecule has 33 heavy (non-hydrogen) atoms. The summed E-state index contributed by atoms with van der Waals surface area (Å²) in [5.41, 5.74) is 4.19. The normalized spacial score (nSPS) is 13.2. The van der Waals surface area contributed by atoms with Crippen molar-refractivity contribution in [2.75, 3.05) is 28.6 Å². The lowest BCUT2D eigenvalue weighted by Gasteiger charge is -2.17. The van der Waals surface area contributed by atoms with Gasteiger partial charge in [0, 0.05) is 59.9 Å². The molecule has 0 bridgehead atoms. The molecule has 0 radical (unpaired) electrons. The average Bonchev–Trinajstić information content (AvgIpc) is 3.55. The number of nitrogens with one attached hydrogen (secondary N) is 2. The summed E-state index contributed by atoms with van der Waals surface area (Å²) < 4.78 is 2.00. The van der Waals surface area contributed by atoms with Crippen LogP contribution in [-0.4, -0.2) is 33.5 Å². The van der Waals surface area contributed by atoms with Gasteiger partial charge in [-0.25, -0.2) is 4.98 Å². The molecule has 5 rings (SSSR count). The van der Waals surface area contributed by atoms with Crippen LogP contribution in [0.5, 0.6) is 0 Å². The Morgan fingerprint density at radius 1 is 0.879 bits per heavy atom. The molecule has 1 aliphatic rings. The lowest BCUT2D eigenvalue weighted by atomic mass is 10.2. The molecule has 1 aliphatic heterocycles. The molecule has 1 fully saturated rings. The number of nitrogens with zero attached hydrogens (tertiary/aromatic N) is 4. The minimum atomic E-state index is -0.142. The van der Waals surface area contributed by atoms with E-state index in [9.17, 15) is 4.79 Å². The Hall–Kier alpha value is -4.13. The summed E-state index contributed by atoms with van der Waals surface area (Å²) in [5, 5.41) is 6.30. The zero-order chi connectivity index (χ0) is 22.6. The first kappa shape index (κ1) is 20.8. The summed E-state index contributed by atoms with van der Waals surface area (Å²) in [6, 6.07) is 21.0. The molecule has 7 nitrogen and oxygen atoms in total. The van der Waals surface area contributed by atoms with Crippen LogP contribution in [0.15, 0.2) is 79.1 Å². The van der Waals surface area contributed by atoms with Crippen molar-refractivity contribution in [2.45, 2.75) is 19.8 Å². The smallest absolute Gasteiger partial charge is 0.255 e. The second-order valence-corrected chi connectivity index (χ2v) is 8.18. The molecule has 0 saturated carbocycles. The molecule has 2 N–H and O–H groups in total. The van der Waals surface area contributed by atoms with Crippen LogP contribution in [0.2, 0.25) is 0 Å². The highest BCUT2D eigenvalue weighted by Crippen LogP contribution is 2.22. The molecular formula is C26H26N6O. The van der Waals surface area contributed by atoms with Gasteiger partial charge in [0.1, 0.15) is 5.82 Å². The van der Waals surface area contributed by atoms with E-state index in [1.165, 1.54) is 12.8 Å². The summed E-state index contributed by atoms with van der Waals surface area (Å²) in [4.78, 5) is 24.1. The van der Waals surface area contributed by atoms with Gasteiger partial charge in [-0.1, -0.05) is 0 Å². The first-order valence-electron chi connectivity index (χ1n) is 11.2. The van der Waals surface area contributed by atoms with Crippen molar-refractivity contribution in [1.29, 1.82) is 0 Å². The van der Waals surface area contributed by atoms with Crippen molar-refractivity contribution >= 4 is 29.0 Å². The van der Waals surface area contributed by atoms with Crippen molar-refractivity contribution in [3.8, 4) is 5.69 Å². The first-order chi connectivity index (χ1) is 16.1. The fourth-order valence-corrected chi connectivity index (χ4v) is 3.96. The number of rotatable bonds is 6. The number of anilines is 4. The Labute approximate surface area is 193 Å². The Kier molecular flexibility index (Phi) is 5.76. The maximum Gasteiger partial charge on any atom is 0.255 e. The summed E-state index contributed by atoms with van der Waals surface area (Å²) >= 11 is 0. The number of carbonyl (C=O) groups is 1. The molecule has 0 spiro atoms. The zero-order valence-electron chi connectivity index (χ0n) is 18.5. The Bertz CT molecular complexity index is 1230. The van der Waals surface area contributed by atoms with Crippen molar-refractivity contribution in [3.05, 3.63) is 90.4 Å². The topological polar surface area (TPSA) is 75.1 Å². The largest absolute Gasteiger partial charge is 0.341 e. The third-order valence-corrected chi connectivity index (χ3v) is 5.68. The van der Waals surface area contributed by atoms with Gasteiger partial charge >= 0.3 is 0 Å². The standard InChI is InChI=1S/C26H26N6O/c1-19-18-24(30-26(27-19)32-16-4-5-17-32)28-21-8-10-22(11-9-21)29-25(33)20-6-12-23(13-7-20)31-14-2-3-15-31/h2-3,6-15,18H,4-5,16-17H2,1H3,(H,29,33)(H,27,28,30). The number of hydrogen-bond acceptors (Lipinski definition) is 5. The second kappa shape index (κ2) is 9.16.